The van der Waals surface area contributed by atoms with E-state index in [0.717, 1.165) is 31.2 Å². The Labute approximate surface area is 141 Å². The van der Waals surface area contributed by atoms with Crippen molar-refractivity contribution in [2.24, 2.45) is 5.73 Å². The van der Waals surface area contributed by atoms with E-state index in [1.54, 1.807) is 0 Å². The third-order valence-electron chi connectivity index (χ3n) is 4.13. The van der Waals surface area contributed by atoms with Crippen molar-refractivity contribution >= 4 is 18.3 Å². The number of hydrogen-bond acceptors (Lipinski definition) is 5. The van der Waals surface area contributed by atoms with Gasteiger partial charge in [0.15, 0.2) is 0 Å². The summed E-state index contributed by atoms with van der Waals surface area (Å²) in [6, 6.07) is 9.56. The van der Waals surface area contributed by atoms with Crippen LogP contribution in [0, 0.1) is 0 Å². The number of amides is 1. The maximum absolute atomic E-state index is 12.2. The van der Waals surface area contributed by atoms with Crippen molar-refractivity contribution < 1.29 is 4.79 Å². The summed E-state index contributed by atoms with van der Waals surface area (Å²) in [4.78, 5) is 13.5. The number of nitrogens with one attached hydrogen (secondary N) is 1. The molecule has 1 fully saturated rings. The van der Waals surface area contributed by atoms with Gasteiger partial charge in [-0.15, -0.1) is 22.6 Å². The Morgan fingerprint density at radius 3 is 2.61 bits per heavy atom. The largest absolute Gasteiger partial charge is 0.348 e. The maximum atomic E-state index is 12.2. The Kier molecular flexibility index (Phi) is 5.68. The number of nitrogens with zero attached hydrogens (tertiary/aromatic N) is 4. The van der Waals surface area contributed by atoms with Crippen molar-refractivity contribution in [1.29, 1.82) is 0 Å². The highest BCUT2D eigenvalue weighted by Crippen LogP contribution is 2.28. The summed E-state index contributed by atoms with van der Waals surface area (Å²) in [5.41, 5.74) is 6.45. The fourth-order valence-corrected chi connectivity index (χ4v) is 2.91. The number of carbonyl (C=O) groups excluding carboxylic acids is 1. The van der Waals surface area contributed by atoms with Crippen molar-refractivity contribution in [2.75, 3.05) is 6.54 Å². The van der Waals surface area contributed by atoms with Crippen LogP contribution in [0.1, 0.15) is 25.7 Å². The second kappa shape index (κ2) is 7.52. The molecular weight excluding hydrogens is 316 g/mol. The van der Waals surface area contributed by atoms with Crippen LogP contribution in [0.2, 0.25) is 0 Å². The van der Waals surface area contributed by atoms with Gasteiger partial charge in [0.1, 0.15) is 6.54 Å². The van der Waals surface area contributed by atoms with Crippen molar-refractivity contribution in [3.05, 3.63) is 30.3 Å². The van der Waals surface area contributed by atoms with E-state index in [1.165, 1.54) is 4.80 Å². The Balaban J connectivity index is 0.00000192. The van der Waals surface area contributed by atoms with E-state index in [9.17, 15) is 4.79 Å². The molecule has 23 heavy (non-hydrogen) atoms. The quantitative estimate of drug-likeness (QED) is 0.853. The average molecular weight is 337 g/mol. The molecule has 1 aromatic heterocycles. The van der Waals surface area contributed by atoms with E-state index in [-0.39, 0.29) is 30.4 Å². The predicted molar refractivity (Wildman–Crippen MR) is 88.9 cm³/mol. The fraction of sp³-hybridized carbons (Fsp3) is 0.467. The molecular formula is C15H21ClN6O. The molecule has 0 aliphatic heterocycles. The summed E-state index contributed by atoms with van der Waals surface area (Å²) < 4.78 is 0. The molecule has 0 spiro atoms. The van der Waals surface area contributed by atoms with Crippen LogP contribution < -0.4 is 11.1 Å². The van der Waals surface area contributed by atoms with E-state index in [0.29, 0.717) is 12.4 Å². The standard InChI is InChI=1S/C15H20N6O.ClH/c16-11-15(8-4-5-9-15)17-13(22)10-21-19-14(18-20-21)12-6-2-1-3-7-12;/h1-3,6-7H,4-5,8-11,16H2,(H,17,22);1H. The Morgan fingerprint density at radius 1 is 1.26 bits per heavy atom. The summed E-state index contributed by atoms with van der Waals surface area (Å²) in [6.07, 6.45) is 4.10. The van der Waals surface area contributed by atoms with Gasteiger partial charge in [-0.3, -0.25) is 4.79 Å². The van der Waals surface area contributed by atoms with E-state index in [2.05, 4.69) is 20.7 Å². The normalized spacial score (nSPS) is 15.9. The van der Waals surface area contributed by atoms with Gasteiger partial charge in [0.25, 0.3) is 0 Å². The van der Waals surface area contributed by atoms with Gasteiger partial charge in [0.2, 0.25) is 11.7 Å². The molecule has 0 radical (unpaired) electrons. The lowest BCUT2D eigenvalue weighted by Gasteiger charge is -2.28. The zero-order chi connectivity index (χ0) is 15.4. The smallest absolute Gasteiger partial charge is 0.244 e. The molecule has 1 aromatic carbocycles. The molecule has 124 valence electrons. The molecule has 1 amide bonds. The number of benzene rings is 1. The minimum Gasteiger partial charge on any atom is -0.348 e. The lowest BCUT2D eigenvalue weighted by atomic mass is 9.98. The number of halogens is 1. The molecule has 1 heterocycles. The summed E-state index contributed by atoms with van der Waals surface area (Å²) in [5, 5.41) is 15.2. The average Bonchev–Trinajstić information content (AvgIpc) is 3.18. The molecule has 3 N–H and O–H groups in total. The molecule has 0 saturated heterocycles. The van der Waals surface area contributed by atoms with Crippen LogP contribution in [-0.2, 0) is 11.3 Å². The predicted octanol–water partition coefficient (Wildman–Crippen LogP) is 1.15. The van der Waals surface area contributed by atoms with E-state index in [4.69, 9.17) is 5.73 Å². The molecule has 0 bridgehead atoms. The minimum absolute atomic E-state index is 0. The molecule has 1 aliphatic rings. The number of nitrogens with two attached hydrogens (primary N) is 1. The van der Waals surface area contributed by atoms with Gasteiger partial charge in [-0.05, 0) is 18.1 Å². The lowest BCUT2D eigenvalue weighted by Crippen LogP contribution is -2.52. The third kappa shape index (κ3) is 4.05. The third-order valence-corrected chi connectivity index (χ3v) is 4.13. The molecule has 2 aromatic rings. The van der Waals surface area contributed by atoms with Crippen LogP contribution in [-0.4, -0.2) is 38.2 Å². The summed E-state index contributed by atoms with van der Waals surface area (Å²) >= 11 is 0. The molecule has 1 aliphatic carbocycles. The first kappa shape index (κ1) is 17.4. The first-order chi connectivity index (χ1) is 10.7. The molecule has 1 saturated carbocycles. The molecule has 3 rings (SSSR count). The number of rotatable bonds is 5. The topological polar surface area (TPSA) is 98.7 Å². The summed E-state index contributed by atoms with van der Waals surface area (Å²) in [6.45, 7) is 0.528. The fourth-order valence-electron chi connectivity index (χ4n) is 2.91. The van der Waals surface area contributed by atoms with Crippen molar-refractivity contribution in [1.82, 2.24) is 25.5 Å². The Hall–Kier alpha value is -1.99. The van der Waals surface area contributed by atoms with Crippen molar-refractivity contribution in [3.8, 4) is 11.4 Å². The van der Waals surface area contributed by atoms with Crippen LogP contribution in [0.15, 0.2) is 30.3 Å². The number of aromatic nitrogens is 4. The molecule has 7 nitrogen and oxygen atoms in total. The molecule has 0 unspecified atom stereocenters. The summed E-state index contributed by atoms with van der Waals surface area (Å²) in [5.74, 6) is 0.396. The number of carbonyl (C=O) groups is 1. The van der Waals surface area contributed by atoms with Gasteiger partial charge in [-0.1, -0.05) is 43.2 Å². The number of tetrazole rings is 1. The second-order valence-electron chi connectivity index (χ2n) is 5.75. The van der Waals surface area contributed by atoms with Crippen LogP contribution >= 0.6 is 12.4 Å². The zero-order valence-electron chi connectivity index (χ0n) is 12.8. The van der Waals surface area contributed by atoms with Crippen LogP contribution in [0.5, 0.6) is 0 Å². The van der Waals surface area contributed by atoms with E-state index >= 15 is 0 Å². The number of hydrogen-bond donors (Lipinski definition) is 2. The second-order valence-corrected chi connectivity index (χ2v) is 5.75. The van der Waals surface area contributed by atoms with Crippen molar-refractivity contribution in [3.63, 3.8) is 0 Å². The SMILES string of the molecule is Cl.NCC1(NC(=O)Cn2nnc(-c3ccccc3)n2)CCCC1. The monoisotopic (exact) mass is 336 g/mol. The van der Waals surface area contributed by atoms with Crippen LogP contribution in [0.25, 0.3) is 11.4 Å². The zero-order valence-corrected chi connectivity index (χ0v) is 13.6. The van der Waals surface area contributed by atoms with Crippen molar-refractivity contribution in [2.45, 2.75) is 37.8 Å². The van der Waals surface area contributed by atoms with Crippen LogP contribution in [0.3, 0.4) is 0 Å². The lowest BCUT2D eigenvalue weighted by molar-refractivity contribution is -0.123. The Bertz CT molecular complexity index is 638. The first-order valence-corrected chi connectivity index (χ1v) is 7.55. The van der Waals surface area contributed by atoms with Gasteiger partial charge in [0, 0.05) is 12.1 Å². The summed E-state index contributed by atoms with van der Waals surface area (Å²) in [7, 11) is 0. The van der Waals surface area contributed by atoms with Gasteiger partial charge in [-0.25, -0.2) is 0 Å². The highest BCUT2D eigenvalue weighted by molar-refractivity contribution is 5.85. The minimum atomic E-state index is -0.250. The Morgan fingerprint density at radius 2 is 1.96 bits per heavy atom. The highest BCUT2D eigenvalue weighted by atomic mass is 35.5. The van der Waals surface area contributed by atoms with E-state index < -0.39 is 0 Å². The van der Waals surface area contributed by atoms with Crippen LogP contribution in [0.4, 0.5) is 0 Å². The van der Waals surface area contributed by atoms with Gasteiger partial charge in [-0.2, -0.15) is 4.80 Å². The molecule has 8 heteroatoms. The maximum Gasteiger partial charge on any atom is 0.244 e. The first-order valence-electron chi connectivity index (χ1n) is 7.55. The van der Waals surface area contributed by atoms with Gasteiger partial charge in [0.05, 0.1) is 5.54 Å². The van der Waals surface area contributed by atoms with Gasteiger partial charge >= 0.3 is 0 Å². The van der Waals surface area contributed by atoms with E-state index in [1.807, 2.05) is 30.3 Å². The van der Waals surface area contributed by atoms with Gasteiger partial charge < -0.3 is 11.1 Å². The highest BCUT2D eigenvalue weighted by Gasteiger charge is 2.33. The molecule has 0 atom stereocenters.